The van der Waals surface area contributed by atoms with E-state index < -0.39 is 0 Å². The second-order valence-electron chi connectivity index (χ2n) is 9.37. The summed E-state index contributed by atoms with van der Waals surface area (Å²) in [6, 6.07) is 19.8. The SMILES string of the molecule is CCOc1cc(C)c(-c2nc3ccccc3c(=O)n2N=Cc2ccc(N(CC)CC)cc2)cc1C(C)C. The van der Waals surface area contributed by atoms with Gasteiger partial charge in [-0.15, -0.1) is 0 Å². The molecule has 3 aromatic carbocycles. The number of rotatable bonds is 9. The maximum absolute atomic E-state index is 13.6. The largest absolute Gasteiger partial charge is 0.494 e. The van der Waals surface area contributed by atoms with Crippen LogP contribution in [-0.4, -0.2) is 35.6 Å². The van der Waals surface area contributed by atoms with Gasteiger partial charge in [0.05, 0.1) is 23.7 Å². The highest BCUT2D eigenvalue weighted by Crippen LogP contribution is 2.34. The summed E-state index contributed by atoms with van der Waals surface area (Å²) in [5.41, 5.74) is 5.44. The molecule has 4 rings (SSSR count). The normalized spacial score (nSPS) is 11.5. The van der Waals surface area contributed by atoms with Crippen LogP contribution in [0.1, 0.15) is 57.2 Å². The van der Waals surface area contributed by atoms with Gasteiger partial charge in [0.15, 0.2) is 5.82 Å². The maximum atomic E-state index is 13.6. The summed E-state index contributed by atoms with van der Waals surface area (Å²) in [4.78, 5) is 20.8. The van der Waals surface area contributed by atoms with Crippen LogP contribution in [0.25, 0.3) is 22.3 Å². The number of hydrogen-bond acceptors (Lipinski definition) is 5. The van der Waals surface area contributed by atoms with Gasteiger partial charge < -0.3 is 9.64 Å². The molecule has 0 spiro atoms. The van der Waals surface area contributed by atoms with E-state index in [9.17, 15) is 4.79 Å². The van der Waals surface area contributed by atoms with Crippen molar-refractivity contribution < 1.29 is 4.74 Å². The highest BCUT2D eigenvalue weighted by atomic mass is 16.5. The molecule has 0 atom stereocenters. The van der Waals surface area contributed by atoms with Crippen molar-refractivity contribution in [1.29, 1.82) is 0 Å². The zero-order valence-electron chi connectivity index (χ0n) is 22.7. The van der Waals surface area contributed by atoms with Gasteiger partial charge in [-0.2, -0.15) is 9.78 Å². The molecule has 0 aliphatic rings. The molecule has 0 aliphatic heterocycles. The third-order valence-corrected chi connectivity index (χ3v) is 6.62. The first-order valence-electron chi connectivity index (χ1n) is 13.1. The zero-order valence-corrected chi connectivity index (χ0v) is 22.7. The number of aromatic nitrogens is 2. The highest BCUT2D eigenvalue weighted by molar-refractivity contribution is 5.83. The van der Waals surface area contributed by atoms with Crippen LogP contribution in [0.15, 0.2) is 70.6 Å². The molecule has 0 N–H and O–H groups in total. The lowest BCUT2D eigenvalue weighted by Gasteiger charge is -2.20. The van der Waals surface area contributed by atoms with Gasteiger partial charge in [-0.3, -0.25) is 4.79 Å². The fourth-order valence-corrected chi connectivity index (χ4v) is 4.56. The standard InChI is InChI=1S/C31H36N4O2/c1-7-34(8-2)24-16-14-23(15-17-24)20-32-35-30(33-28-13-11-10-12-25(28)31(35)36)27-19-26(21(4)5)29(37-9-3)18-22(27)6/h10-21H,7-9H2,1-6H3. The van der Waals surface area contributed by atoms with E-state index in [1.165, 1.54) is 10.4 Å². The van der Waals surface area contributed by atoms with E-state index in [1.807, 2.05) is 50.2 Å². The topological polar surface area (TPSA) is 59.7 Å². The number of para-hydroxylation sites is 1. The van der Waals surface area contributed by atoms with Crippen molar-refractivity contribution >= 4 is 22.8 Å². The number of aryl methyl sites for hydroxylation is 1. The first-order chi connectivity index (χ1) is 17.9. The molecule has 6 heteroatoms. The van der Waals surface area contributed by atoms with Crippen LogP contribution in [0.3, 0.4) is 0 Å². The Morgan fingerprint density at radius 1 is 1.03 bits per heavy atom. The molecule has 0 saturated carbocycles. The van der Waals surface area contributed by atoms with Gasteiger partial charge in [-0.1, -0.05) is 38.1 Å². The number of hydrogen-bond donors (Lipinski definition) is 0. The lowest BCUT2D eigenvalue weighted by molar-refractivity contribution is 0.335. The fraction of sp³-hybridized carbons (Fsp3) is 0.323. The van der Waals surface area contributed by atoms with Crippen molar-refractivity contribution in [3.8, 4) is 17.1 Å². The molecule has 0 unspecified atom stereocenters. The molecular weight excluding hydrogens is 460 g/mol. The van der Waals surface area contributed by atoms with Crippen molar-refractivity contribution in [2.45, 2.75) is 47.5 Å². The lowest BCUT2D eigenvalue weighted by atomic mass is 9.96. The molecule has 0 radical (unpaired) electrons. The maximum Gasteiger partial charge on any atom is 0.282 e. The fourth-order valence-electron chi connectivity index (χ4n) is 4.56. The van der Waals surface area contributed by atoms with Gasteiger partial charge in [0.25, 0.3) is 5.56 Å². The molecule has 37 heavy (non-hydrogen) atoms. The zero-order chi connectivity index (χ0) is 26.5. The Labute approximate surface area is 219 Å². The number of nitrogens with zero attached hydrogens (tertiary/aromatic N) is 4. The Hall–Kier alpha value is -3.93. The Morgan fingerprint density at radius 3 is 2.38 bits per heavy atom. The van der Waals surface area contributed by atoms with Crippen molar-refractivity contribution in [2.24, 2.45) is 5.10 Å². The molecule has 6 nitrogen and oxygen atoms in total. The minimum Gasteiger partial charge on any atom is -0.494 e. The minimum absolute atomic E-state index is 0.198. The Morgan fingerprint density at radius 2 is 1.73 bits per heavy atom. The third-order valence-electron chi connectivity index (χ3n) is 6.62. The Kier molecular flexibility index (Phi) is 8.07. The van der Waals surface area contributed by atoms with Crippen LogP contribution < -0.4 is 15.2 Å². The average Bonchev–Trinajstić information content (AvgIpc) is 2.90. The van der Waals surface area contributed by atoms with Crippen LogP contribution in [0.2, 0.25) is 0 Å². The van der Waals surface area contributed by atoms with Crippen molar-refractivity contribution in [1.82, 2.24) is 9.66 Å². The van der Waals surface area contributed by atoms with Crippen LogP contribution in [0.4, 0.5) is 5.69 Å². The van der Waals surface area contributed by atoms with E-state index in [2.05, 4.69) is 55.9 Å². The first kappa shape index (κ1) is 26.1. The van der Waals surface area contributed by atoms with Crippen LogP contribution in [-0.2, 0) is 0 Å². The number of anilines is 1. The van der Waals surface area contributed by atoms with E-state index in [-0.39, 0.29) is 11.5 Å². The molecule has 192 valence electrons. The smallest absolute Gasteiger partial charge is 0.282 e. The summed E-state index contributed by atoms with van der Waals surface area (Å²) in [5, 5.41) is 5.20. The van der Waals surface area contributed by atoms with Crippen LogP contribution >= 0.6 is 0 Å². The monoisotopic (exact) mass is 496 g/mol. The molecule has 0 saturated heterocycles. The van der Waals surface area contributed by atoms with E-state index in [4.69, 9.17) is 9.72 Å². The van der Waals surface area contributed by atoms with Crippen LogP contribution in [0.5, 0.6) is 5.75 Å². The van der Waals surface area contributed by atoms with Gasteiger partial charge in [0.2, 0.25) is 0 Å². The quantitative estimate of drug-likeness (QED) is 0.244. The molecule has 0 bridgehead atoms. The molecule has 1 heterocycles. The molecule has 0 aliphatic carbocycles. The minimum atomic E-state index is -0.198. The Balaban J connectivity index is 1.87. The van der Waals surface area contributed by atoms with Crippen LogP contribution in [0, 0.1) is 6.92 Å². The Bertz CT molecular complexity index is 1470. The molecule has 4 aromatic rings. The molecule has 1 aromatic heterocycles. The van der Waals surface area contributed by atoms with Gasteiger partial charge in [-0.25, -0.2) is 4.98 Å². The van der Waals surface area contributed by atoms with Gasteiger partial charge >= 0.3 is 0 Å². The predicted octanol–water partition coefficient (Wildman–Crippen LogP) is 6.62. The summed E-state index contributed by atoms with van der Waals surface area (Å²) >= 11 is 0. The second-order valence-corrected chi connectivity index (χ2v) is 9.37. The highest BCUT2D eigenvalue weighted by Gasteiger charge is 2.18. The van der Waals surface area contributed by atoms with Gasteiger partial charge in [0.1, 0.15) is 5.75 Å². The summed E-state index contributed by atoms with van der Waals surface area (Å²) in [6.45, 7) is 15.1. The second kappa shape index (κ2) is 11.4. The lowest BCUT2D eigenvalue weighted by Crippen LogP contribution is -2.21. The van der Waals surface area contributed by atoms with Crippen molar-refractivity contribution in [3.63, 3.8) is 0 Å². The molecule has 0 amide bonds. The molecule has 0 fully saturated rings. The summed E-state index contributed by atoms with van der Waals surface area (Å²) in [5.74, 6) is 1.63. The number of fused-ring (bicyclic) bond motifs is 1. The summed E-state index contributed by atoms with van der Waals surface area (Å²) in [6.07, 6.45) is 1.72. The van der Waals surface area contributed by atoms with Gasteiger partial charge in [-0.05, 0) is 86.7 Å². The number of benzene rings is 3. The van der Waals surface area contributed by atoms with Crippen molar-refractivity contribution in [2.75, 3.05) is 24.6 Å². The van der Waals surface area contributed by atoms with E-state index in [1.54, 1.807) is 12.3 Å². The molecular formula is C31H36N4O2. The van der Waals surface area contributed by atoms with Crippen molar-refractivity contribution in [3.05, 3.63) is 87.7 Å². The summed E-state index contributed by atoms with van der Waals surface area (Å²) < 4.78 is 7.34. The average molecular weight is 497 g/mol. The first-order valence-corrected chi connectivity index (χ1v) is 13.1. The number of ether oxygens (including phenoxy) is 1. The third kappa shape index (κ3) is 5.43. The predicted molar refractivity (Wildman–Crippen MR) is 154 cm³/mol. The van der Waals surface area contributed by atoms with Gasteiger partial charge in [0, 0.05) is 24.3 Å². The van der Waals surface area contributed by atoms with E-state index in [0.717, 1.165) is 41.1 Å². The summed E-state index contributed by atoms with van der Waals surface area (Å²) in [7, 11) is 0. The van der Waals surface area contributed by atoms with E-state index >= 15 is 0 Å². The van der Waals surface area contributed by atoms with E-state index in [0.29, 0.717) is 23.3 Å².